The lowest BCUT2D eigenvalue weighted by atomic mass is 9.92. The monoisotopic (exact) mass is 480 g/mol. The SMILES string of the molecule is CC[C@H](CC=O)Oc1ccc(C)cc1C1(C(=O)NS(=O)(=O)c2cccc3nc(C)ccc23)CC1. The molecule has 1 aliphatic carbocycles. The summed E-state index contributed by atoms with van der Waals surface area (Å²) in [7, 11) is -4.14. The maximum Gasteiger partial charge on any atom is 0.264 e. The van der Waals surface area contributed by atoms with E-state index < -0.39 is 21.3 Å². The van der Waals surface area contributed by atoms with Gasteiger partial charge in [0.2, 0.25) is 5.91 Å². The van der Waals surface area contributed by atoms with Gasteiger partial charge in [0.15, 0.2) is 0 Å². The van der Waals surface area contributed by atoms with Crippen molar-refractivity contribution in [1.82, 2.24) is 9.71 Å². The normalized spacial score (nSPS) is 15.5. The highest BCUT2D eigenvalue weighted by atomic mass is 32.2. The molecular weight excluding hydrogens is 452 g/mol. The van der Waals surface area contributed by atoms with Crippen LogP contribution in [0.4, 0.5) is 0 Å². The zero-order valence-corrected chi connectivity index (χ0v) is 20.3. The van der Waals surface area contributed by atoms with Crippen LogP contribution in [0.15, 0.2) is 53.4 Å². The van der Waals surface area contributed by atoms with Gasteiger partial charge in [0, 0.05) is 23.1 Å². The molecule has 1 aliphatic rings. The van der Waals surface area contributed by atoms with Gasteiger partial charge in [0.25, 0.3) is 10.0 Å². The lowest BCUT2D eigenvalue weighted by molar-refractivity contribution is -0.121. The number of carbonyl (C=O) groups excluding carboxylic acids is 2. The zero-order valence-electron chi connectivity index (χ0n) is 19.5. The van der Waals surface area contributed by atoms with E-state index in [4.69, 9.17) is 4.74 Å². The maximum absolute atomic E-state index is 13.4. The minimum absolute atomic E-state index is 0.0133. The van der Waals surface area contributed by atoms with E-state index in [1.807, 2.05) is 32.9 Å². The van der Waals surface area contributed by atoms with Crippen LogP contribution in [0.5, 0.6) is 5.75 Å². The number of carbonyl (C=O) groups is 2. The molecule has 0 unspecified atom stereocenters. The Kier molecular flexibility index (Phi) is 6.45. The Labute approximate surface area is 199 Å². The Bertz CT molecular complexity index is 1360. The molecule has 1 aromatic heterocycles. The van der Waals surface area contributed by atoms with E-state index >= 15 is 0 Å². The van der Waals surface area contributed by atoms with Crippen LogP contribution in [0.25, 0.3) is 10.9 Å². The number of sulfonamides is 1. The minimum atomic E-state index is -4.14. The number of ether oxygens (including phenoxy) is 1. The number of fused-ring (bicyclic) bond motifs is 1. The molecule has 7 nitrogen and oxygen atoms in total. The van der Waals surface area contributed by atoms with Crippen molar-refractivity contribution < 1.29 is 22.7 Å². The number of aromatic nitrogens is 1. The van der Waals surface area contributed by atoms with Gasteiger partial charge >= 0.3 is 0 Å². The number of benzene rings is 2. The van der Waals surface area contributed by atoms with Gasteiger partial charge in [-0.15, -0.1) is 0 Å². The molecule has 3 aromatic rings. The number of aldehydes is 1. The van der Waals surface area contributed by atoms with Crippen LogP contribution in [-0.2, 0) is 25.0 Å². The van der Waals surface area contributed by atoms with Crippen molar-refractivity contribution in [3.05, 3.63) is 65.4 Å². The van der Waals surface area contributed by atoms with Gasteiger partial charge in [-0.2, -0.15) is 0 Å². The molecule has 8 heteroatoms. The van der Waals surface area contributed by atoms with E-state index in [2.05, 4.69) is 9.71 Å². The first kappa shape index (κ1) is 23.9. The molecule has 1 saturated carbocycles. The van der Waals surface area contributed by atoms with Crippen LogP contribution in [0, 0.1) is 13.8 Å². The number of rotatable bonds is 9. The average molecular weight is 481 g/mol. The maximum atomic E-state index is 13.4. The number of hydrogen-bond acceptors (Lipinski definition) is 6. The molecule has 2 aromatic carbocycles. The number of hydrogen-bond donors (Lipinski definition) is 1. The highest BCUT2D eigenvalue weighted by molar-refractivity contribution is 7.90. The fraction of sp³-hybridized carbons (Fsp3) is 0.346. The molecular formula is C26H28N2O5S. The fourth-order valence-electron chi connectivity index (χ4n) is 4.19. The number of amides is 1. The van der Waals surface area contributed by atoms with E-state index in [0.29, 0.717) is 41.5 Å². The van der Waals surface area contributed by atoms with Crippen LogP contribution in [0.1, 0.15) is 49.4 Å². The molecule has 0 aliphatic heterocycles. The second kappa shape index (κ2) is 9.18. The Morgan fingerprint density at radius 1 is 1.18 bits per heavy atom. The predicted molar refractivity (Wildman–Crippen MR) is 129 cm³/mol. The molecule has 1 fully saturated rings. The van der Waals surface area contributed by atoms with Crippen LogP contribution in [0.2, 0.25) is 0 Å². The standard InChI is InChI=1S/C26H28N2O5S/c1-4-19(12-15-29)33-23-11-8-17(2)16-21(23)26(13-14-26)25(30)28-34(31,32)24-7-5-6-22-20(24)10-9-18(3)27-22/h5-11,15-16,19H,4,12-14H2,1-3H3,(H,28,30)/t19-/m1/s1. The Hall–Kier alpha value is -3.26. The van der Waals surface area contributed by atoms with Crippen molar-refractivity contribution in [3.63, 3.8) is 0 Å². The summed E-state index contributed by atoms with van der Waals surface area (Å²) in [6.07, 6.45) is 2.40. The molecule has 1 N–H and O–H groups in total. The Morgan fingerprint density at radius 3 is 2.62 bits per heavy atom. The summed E-state index contributed by atoms with van der Waals surface area (Å²) in [4.78, 5) is 28.8. The van der Waals surface area contributed by atoms with Gasteiger partial charge in [-0.1, -0.05) is 30.7 Å². The average Bonchev–Trinajstić information content (AvgIpc) is 3.61. The molecule has 1 atom stereocenters. The molecule has 1 amide bonds. The summed E-state index contributed by atoms with van der Waals surface area (Å²) in [5, 5.41) is 0.456. The van der Waals surface area contributed by atoms with E-state index in [1.54, 1.807) is 30.3 Å². The molecule has 0 saturated heterocycles. The van der Waals surface area contributed by atoms with Gasteiger partial charge in [-0.05, 0) is 63.4 Å². The van der Waals surface area contributed by atoms with Crippen LogP contribution < -0.4 is 9.46 Å². The molecule has 178 valence electrons. The molecule has 0 bridgehead atoms. The third kappa shape index (κ3) is 4.55. The van der Waals surface area contributed by atoms with E-state index in [0.717, 1.165) is 17.5 Å². The summed E-state index contributed by atoms with van der Waals surface area (Å²) in [5.41, 5.74) is 1.91. The van der Waals surface area contributed by atoms with E-state index in [9.17, 15) is 18.0 Å². The number of nitrogens with one attached hydrogen (secondary N) is 1. The summed E-state index contributed by atoms with van der Waals surface area (Å²) in [5.74, 6) is -0.0716. The number of pyridine rings is 1. The Balaban J connectivity index is 1.67. The lowest BCUT2D eigenvalue weighted by Gasteiger charge is -2.23. The Morgan fingerprint density at radius 2 is 1.94 bits per heavy atom. The van der Waals surface area contributed by atoms with Crippen molar-refractivity contribution in [2.75, 3.05) is 0 Å². The topological polar surface area (TPSA) is 102 Å². The molecule has 34 heavy (non-hydrogen) atoms. The molecule has 4 rings (SSSR count). The van der Waals surface area contributed by atoms with Gasteiger partial charge < -0.3 is 9.53 Å². The van der Waals surface area contributed by atoms with E-state index in [1.165, 1.54) is 6.07 Å². The number of aryl methyl sites for hydroxylation is 2. The fourth-order valence-corrected chi connectivity index (χ4v) is 5.46. The van der Waals surface area contributed by atoms with Crippen molar-refractivity contribution >= 4 is 33.1 Å². The first-order chi connectivity index (χ1) is 16.2. The number of nitrogens with zero attached hydrogens (tertiary/aromatic N) is 1. The lowest BCUT2D eigenvalue weighted by Crippen LogP contribution is -2.39. The first-order valence-electron chi connectivity index (χ1n) is 11.4. The van der Waals surface area contributed by atoms with Crippen LogP contribution >= 0.6 is 0 Å². The third-order valence-electron chi connectivity index (χ3n) is 6.29. The summed E-state index contributed by atoms with van der Waals surface area (Å²) in [6.45, 7) is 5.67. The smallest absolute Gasteiger partial charge is 0.264 e. The zero-order chi connectivity index (χ0) is 24.5. The van der Waals surface area contributed by atoms with Gasteiger partial charge in [0.05, 0.1) is 15.8 Å². The largest absolute Gasteiger partial charge is 0.490 e. The van der Waals surface area contributed by atoms with Crippen LogP contribution in [-0.4, -0.2) is 31.7 Å². The van der Waals surface area contributed by atoms with Crippen molar-refractivity contribution in [1.29, 1.82) is 0 Å². The molecule has 0 radical (unpaired) electrons. The summed E-state index contributed by atoms with van der Waals surface area (Å²) < 4.78 is 35.0. The van der Waals surface area contributed by atoms with Crippen molar-refractivity contribution in [3.8, 4) is 5.75 Å². The van der Waals surface area contributed by atoms with Gasteiger partial charge in [0.1, 0.15) is 18.1 Å². The predicted octanol–water partition coefficient (Wildman–Crippen LogP) is 4.13. The second-order valence-electron chi connectivity index (χ2n) is 8.84. The summed E-state index contributed by atoms with van der Waals surface area (Å²) >= 11 is 0. The first-order valence-corrected chi connectivity index (χ1v) is 12.8. The quantitative estimate of drug-likeness (QED) is 0.462. The summed E-state index contributed by atoms with van der Waals surface area (Å²) in [6, 6.07) is 13.8. The van der Waals surface area contributed by atoms with Crippen molar-refractivity contribution in [2.45, 2.75) is 62.9 Å². The highest BCUT2D eigenvalue weighted by Crippen LogP contribution is 2.52. The van der Waals surface area contributed by atoms with Gasteiger partial charge in [-0.3, -0.25) is 9.78 Å². The highest BCUT2D eigenvalue weighted by Gasteiger charge is 2.54. The molecule has 0 spiro atoms. The minimum Gasteiger partial charge on any atom is -0.490 e. The van der Waals surface area contributed by atoms with Crippen LogP contribution in [0.3, 0.4) is 0 Å². The van der Waals surface area contributed by atoms with Gasteiger partial charge in [-0.25, -0.2) is 13.1 Å². The third-order valence-corrected chi connectivity index (χ3v) is 7.68. The second-order valence-corrected chi connectivity index (χ2v) is 10.5. The molecule has 1 heterocycles. The van der Waals surface area contributed by atoms with E-state index in [-0.39, 0.29) is 17.4 Å². The van der Waals surface area contributed by atoms with Crippen molar-refractivity contribution in [2.24, 2.45) is 0 Å².